The number of hydrogen-bond donors (Lipinski definition) is 4. The van der Waals surface area contributed by atoms with Crippen LogP contribution < -0.4 is 0 Å². The zero-order valence-electron chi connectivity index (χ0n) is 64.2. The van der Waals surface area contributed by atoms with Crippen LogP contribution in [0, 0.1) is 0 Å². The second-order valence-corrected chi connectivity index (χ2v) is 29.0. The number of phosphoric ester groups is 2. The van der Waals surface area contributed by atoms with Crippen molar-refractivity contribution in [1.82, 2.24) is 0 Å². The number of carbonyl (C=O) groups excluding carboxylic acids is 3. The van der Waals surface area contributed by atoms with E-state index in [4.69, 9.17) is 32.3 Å². The van der Waals surface area contributed by atoms with Crippen molar-refractivity contribution < 1.29 is 75.8 Å². The number of hydrogen-bond acceptors (Lipinski definition) is 14. The summed E-state index contributed by atoms with van der Waals surface area (Å²) in [6, 6.07) is 0. The Balaban J connectivity index is 4.61. The Bertz CT molecular complexity index is 2500. The van der Waals surface area contributed by atoms with E-state index in [0.29, 0.717) is 19.3 Å². The molecule has 0 amide bonds. The van der Waals surface area contributed by atoms with Crippen LogP contribution in [0.5, 0.6) is 0 Å². The first-order chi connectivity index (χ1) is 50.2. The zero-order chi connectivity index (χ0) is 75.2. The topological polar surface area (TPSA) is 231 Å². The summed E-state index contributed by atoms with van der Waals surface area (Å²) >= 11 is 0. The van der Waals surface area contributed by atoms with Gasteiger partial charge in [-0.1, -0.05) is 294 Å². The minimum Gasteiger partial charge on any atom is -0.463 e. The number of phosphoric acid groups is 2. The molecule has 0 aliphatic heterocycles. The summed E-state index contributed by atoms with van der Waals surface area (Å²) in [7, 11) is -9.81. The Morgan fingerprint density at radius 2 is 0.515 bits per heavy atom. The summed E-state index contributed by atoms with van der Waals surface area (Å²) in [5.41, 5.74) is 0. The van der Waals surface area contributed by atoms with Crippen LogP contribution in [0.1, 0.15) is 303 Å². The van der Waals surface area contributed by atoms with Gasteiger partial charge in [0.05, 0.1) is 26.4 Å². The maximum Gasteiger partial charge on any atom is 0.472 e. The number of allylic oxidation sites excluding steroid dienone is 26. The first-order valence-electron chi connectivity index (χ1n) is 39.8. The lowest BCUT2D eigenvalue weighted by Gasteiger charge is -2.21. The summed E-state index contributed by atoms with van der Waals surface area (Å²) in [4.78, 5) is 58.7. The Labute approximate surface area is 625 Å². The Kier molecular flexibility index (Phi) is 73.2. The third-order valence-electron chi connectivity index (χ3n) is 16.2. The number of rotatable bonds is 74. The van der Waals surface area contributed by atoms with Gasteiger partial charge in [-0.2, -0.15) is 0 Å². The average molecular weight is 1480 g/mol. The number of aliphatic hydroxyl groups excluding tert-OH is 2. The highest BCUT2D eigenvalue weighted by atomic mass is 31.2. The predicted molar refractivity (Wildman–Crippen MR) is 426 cm³/mol. The quantitative estimate of drug-likeness (QED) is 0.0146. The van der Waals surface area contributed by atoms with Gasteiger partial charge >= 0.3 is 33.6 Å². The highest BCUT2D eigenvalue weighted by molar-refractivity contribution is 7.47. The van der Waals surface area contributed by atoms with Gasteiger partial charge in [-0.3, -0.25) is 32.5 Å². The highest BCUT2D eigenvalue weighted by Crippen LogP contribution is 2.45. The first kappa shape index (κ1) is 98.2. The van der Waals surface area contributed by atoms with Crippen LogP contribution in [0.25, 0.3) is 0 Å². The van der Waals surface area contributed by atoms with E-state index >= 15 is 0 Å². The largest absolute Gasteiger partial charge is 0.472 e. The number of unbranched alkanes of at least 4 members (excludes halogenated alkanes) is 25. The average Bonchev–Trinajstić information content (AvgIpc) is 0.922. The molecule has 0 bridgehead atoms. The van der Waals surface area contributed by atoms with Gasteiger partial charge in [0.15, 0.2) is 6.10 Å². The minimum atomic E-state index is -4.94. The fraction of sp³-hybridized carbons (Fsp3) is 0.659. The Morgan fingerprint density at radius 1 is 0.282 bits per heavy atom. The van der Waals surface area contributed by atoms with Crippen LogP contribution in [0.3, 0.4) is 0 Å². The Morgan fingerprint density at radius 3 is 0.816 bits per heavy atom. The van der Waals surface area contributed by atoms with E-state index in [1.165, 1.54) is 64.2 Å². The summed E-state index contributed by atoms with van der Waals surface area (Å²) in [5.74, 6) is -1.61. The lowest BCUT2D eigenvalue weighted by atomic mass is 10.1. The molecule has 588 valence electrons. The molecule has 4 N–H and O–H groups in total. The molecule has 0 aliphatic carbocycles. The first-order valence-corrected chi connectivity index (χ1v) is 42.8. The van der Waals surface area contributed by atoms with Gasteiger partial charge in [0.25, 0.3) is 0 Å². The summed E-state index contributed by atoms with van der Waals surface area (Å²) in [5, 5.41) is 20.6. The fourth-order valence-corrected chi connectivity index (χ4v) is 11.8. The second-order valence-electron chi connectivity index (χ2n) is 26.1. The molecule has 0 aromatic rings. The number of carbonyl (C=O) groups is 3. The molecule has 5 unspecified atom stereocenters. The van der Waals surface area contributed by atoms with Crippen molar-refractivity contribution in [2.75, 3.05) is 39.6 Å². The van der Waals surface area contributed by atoms with E-state index in [9.17, 15) is 43.5 Å². The molecule has 0 saturated carbocycles. The third kappa shape index (κ3) is 78.1. The second kappa shape index (κ2) is 76.8. The van der Waals surface area contributed by atoms with Crippen molar-refractivity contribution in [2.24, 2.45) is 0 Å². The summed E-state index contributed by atoms with van der Waals surface area (Å²) < 4.78 is 61.2. The van der Waals surface area contributed by atoms with Gasteiger partial charge < -0.3 is 34.2 Å². The SMILES string of the molecule is CC/C=C\C/C=C\C/C=C\C/C=C\C/C=C\C/C=C\CCCCCCCCCCC(=O)OCC(O)COP(=O)(O)OCC(O)COP(=O)(O)OCC(COC(=O)CCCCCCCCCCC/C=C\C/C=C\C/C=C\C/C=C\C/C=C\CC)OC(=O)CCCCCCC/C=C\C/C=C\CCCCC. The van der Waals surface area contributed by atoms with E-state index in [-0.39, 0.29) is 19.3 Å². The molecule has 16 nitrogen and oxygen atoms in total. The normalized spacial score (nSPS) is 14.8. The standard InChI is InChI=1S/C85H142O16P2/c1-4-7-10-13-16-19-22-25-28-30-32-34-36-38-39-41-43-44-46-48-51-53-56-59-62-65-68-71-83(88)95-74-80(86)75-97-102(91,92)98-76-81(87)77-99-103(93,94)100-79-82(101-85(90)73-70-67-64-61-58-55-50-27-24-21-18-15-12-9-6-3)78-96-84(89)72-69-66-63-60-57-54-52-49-47-45-42-40-37-35-33-31-29-26-23-20-17-14-11-8-5-2/h7-8,10-11,16-21,25-29,32-35,38-40,42-44,50,80-82,86-87H,4-6,9,12-15,22-24,30-31,36-37,41,45-49,51-79H2,1-3H3,(H,91,92)(H,93,94)/b10-7-,11-8-,19-16-,20-17-,21-18-,28-25-,29-26-,34-32-,35-33-,39-38-,42-40-,44-43-,50-27-. The molecule has 103 heavy (non-hydrogen) atoms. The summed E-state index contributed by atoms with van der Waals surface area (Å²) in [6.07, 6.45) is 95.7. The van der Waals surface area contributed by atoms with Gasteiger partial charge in [-0.15, -0.1) is 0 Å². The van der Waals surface area contributed by atoms with Gasteiger partial charge in [0.2, 0.25) is 0 Å². The number of aliphatic hydroxyl groups is 2. The molecule has 18 heteroatoms. The number of ether oxygens (including phenoxy) is 3. The van der Waals surface area contributed by atoms with Crippen LogP contribution in [-0.4, -0.2) is 95.9 Å². The highest BCUT2D eigenvalue weighted by Gasteiger charge is 2.29. The molecular weight excluding hydrogens is 1340 g/mol. The van der Waals surface area contributed by atoms with Crippen LogP contribution in [-0.2, 0) is 55.8 Å². The van der Waals surface area contributed by atoms with Crippen LogP contribution in [0.15, 0.2) is 158 Å². The molecule has 0 aromatic heterocycles. The van der Waals surface area contributed by atoms with Crippen LogP contribution in [0.4, 0.5) is 0 Å². The van der Waals surface area contributed by atoms with Gasteiger partial charge in [-0.25, -0.2) is 9.13 Å². The van der Waals surface area contributed by atoms with E-state index in [1.54, 1.807) is 0 Å². The molecule has 0 rings (SSSR count). The van der Waals surface area contributed by atoms with Crippen molar-refractivity contribution >= 4 is 33.6 Å². The minimum absolute atomic E-state index is 0.0830. The lowest BCUT2D eigenvalue weighted by molar-refractivity contribution is -0.161. The van der Waals surface area contributed by atoms with Crippen molar-refractivity contribution in [3.63, 3.8) is 0 Å². The molecule has 0 aliphatic rings. The van der Waals surface area contributed by atoms with Crippen molar-refractivity contribution in [3.8, 4) is 0 Å². The van der Waals surface area contributed by atoms with Crippen molar-refractivity contribution in [1.29, 1.82) is 0 Å². The lowest BCUT2D eigenvalue weighted by Crippen LogP contribution is -2.30. The summed E-state index contributed by atoms with van der Waals surface area (Å²) in [6.45, 7) is 2.39. The molecule has 0 spiro atoms. The van der Waals surface area contributed by atoms with Crippen LogP contribution >= 0.6 is 15.6 Å². The maximum atomic E-state index is 13.0. The molecule has 0 saturated heterocycles. The van der Waals surface area contributed by atoms with Gasteiger partial charge in [0, 0.05) is 19.3 Å². The molecule has 0 aromatic carbocycles. The zero-order valence-corrected chi connectivity index (χ0v) is 66.0. The van der Waals surface area contributed by atoms with E-state index in [0.717, 1.165) is 180 Å². The predicted octanol–water partition coefficient (Wildman–Crippen LogP) is 23.4. The Hall–Kier alpha value is -4.83. The molecule has 0 heterocycles. The molecule has 0 fully saturated rings. The van der Waals surface area contributed by atoms with Crippen molar-refractivity contribution in [2.45, 2.75) is 322 Å². The fourth-order valence-electron chi connectivity index (χ4n) is 10.2. The molecular formula is C85H142O16P2. The van der Waals surface area contributed by atoms with E-state index in [2.05, 4.69) is 179 Å². The van der Waals surface area contributed by atoms with Crippen molar-refractivity contribution in [3.05, 3.63) is 158 Å². The number of esters is 3. The molecule has 0 radical (unpaired) electrons. The van der Waals surface area contributed by atoms with Gasteiger partial charge in [-0.05, 0) is 148 Å². The molecule has 5 atom stereocenters. The monoisotopic (exact) mass is 1480 g/mol. The van der Waals surface area contributed by atoms with E-state index < -0.39 is 91.5 Å². The van der Waals surface area contributed by atoms with E-state index in [1.807, 2.05) is 0 Å². The smallest absolute Gasteiger partial charge is 0.463 e. The third-order valence-corrected chi connectivity index (χ3v) is 18.1. The van der Waals surface area contributed by atoms with Crippen LogP contribution in [0.2, 0.25) is 0 Å². The van der Waals surface area contributed by atoms with Gasteiger partial charge in [0.1, 0.15) is 25.4 Å². The maximum absolute atomic E-state index is 13.0.